The molecule has 6 heteroatoms. The number of rotatable bonds is 10. The minimum Gasteiger partial charge on any atom is -0.457 e. The van der Waals surface area contributed by atoms with E-state index in [1.807, 2.05) is 54.6 Å². The van der Waals surface area contributed by atoms with Crippen LogP contribution >= 0.6 is 0 Å². The second-order valence-electron chi connectivity index (χ2n) is 7.44. The summed E-state index contributed by atoms with van der Waals surface area (Å²) in [5, 5.41) is 3.37. The van der Waals surface area contributed by atoms with E-state index >= 15 is 0 Å². The van der Waals surface area contributed by atoms with Gasteiger partial charge in [0.2, 0.25) is 10.0 Å². The van der Waals surface area contributed by atoms with Crippen molar-refractivity contribution in [3.63, 3.8) is 0 Å². The fraction of sp³-hybridized carbons (Fsp3) is 0.429. The van der Waals surface area contributed by atoms with Crippen molar-refractivity contribution >= 4 is 15.7 Å². The van der Waals surface area contributed by atoms with Gasteiger partial charge in [-0.25, -0.2) is 13.1 Å². The van der Waals surface area contributed by atoms with Gasteiger partial charge < -0.3 is 10.1 Å². The summed E-state index contributed by atoms with van der Waals surface area (Å²) in [4.78, 5) is 0. The highest BCUT2D eigenvalue weighted by Crippen LogP contribution is 2.22. The molecule has 2 N–H and O–H groups in total. The Labute approximate surface area is 163 Å². The predicted molar refractivity (Wildman–Crippen MR) is 112 cm³/mol. The van der Waals surface area contributed by atoms with Crippen LogP contribution in [0.2, 0.25) is 0 Å². The first-order valence-electron chi connectivity index (χ1n) is 9.34. The van der Waals surface area contributed by atoms with Gasteiger partial charge in [0.15, 0.2) is 0 Å². The molecule has 0 heterocycles. The lowest BCUT2D eigenvalue weighted by molar-refractivity contribution is 0.483. The van der Waals surface area contributed by atoms with Crippen LogP contribution in [0.1, 0.15) is 40.0 Å². The van der Waals surface area contributed by atoms with E-state index in [4.69, 9.17) is 4.74 Å². The number of hydrogen-bond acceptors (Lipinski definition) is 4. The average molecular weight is 391 g/mol. The molecular formula is C21H30N2O3S. The van der Waals surface area contributed by atoms with E-state index in [1.165, 1.54) is 0 Å². The molecule has 0 aliphatic carbocycles. The summed E-state index contributed by atoms with van der Waals surface area (Å²) in [6.45, 7) is 6.45. The fourth-order valence-corrected chi connectivity index (χ4v) is 3.19. The number of unbranched alkanes of at least 4 members (excludes halogenated alkanes) is 2. The van der Waals surface area contributed by atoms with Gasteiger partial charge in [0.1, 0.15) is 11.5 Å². The zero-order valence-electron chi connectivity index (χ0n) is 16.4. The maximum Gasteiger partial charge on any atom is 0.216 e. The third-order valence-electron chi connectivity index (χ3n) is 4.11. The molecule has 27 heavy (non-hydrogen) atoms. The fourth-order valence-electron chi connectivity index (χ4n) is 2.35. The molecule has 5 nitrogen and oxygen atoms in total. The second kappa shape index (κ2) is 9.76. The first-order chi connectivity index (χ1) is 12.8. The SMILES string of the molecule is CC(C)(C)S(=O)(=O)NCCCCCNc1ccc(Oc2ccccc2)cc1. The number of hydrogen-bond donors (Lipinski definition) is 2. The molecule has 0 amide bonds. The van der Waals surface area contributed by atoms with Gasteiger partial charge >= 0.3 is 0 Å². The molecule has 0 aliphatic heterocycles. The van der Waals surface area contributed by atoms with E-state index in [2.05, 4.69) is 10.0 Å². The van der Waals surface area contributed by atoms with Crippen molar-refractivity contribution in [3.05, 3.63) is 54.6 Å². The van der Waals surface area contributed by atoms with Crippen LogP contribution in [0, 0.1) is 0 Å². The smallest absolute Gasteiger partial charge is 0.216 e. The number of para-hydroxylation sites is 1. The van der Waals surface area contributed by atoms with Gasteiger partial charge in [-0.3, -0.25) is 0 Å². The molecule has 0 fully saturated rings. The van der Waals surface area contributed by atoms with E-state index in [0.29, 0.717) is 6.54 Å². The summed E-state index contributed by atoms with van der Waals surface area (Å²) in [6, 6.07) is 17.6. The van der Waals surface area contributed by atoms with E-state index < -0.39 is 14.8 Å². The van der Waals surface area contributed by atoms with E-state index in [9.17, 15) is 8.42 Å². The zero-order valence-corrected chi connectivity index (χ0v) is 17.2. The monoisotopic (exact) mass is 390 g/mol. The zero-order chi connectivity index (χ0) is 19.8. The summed E-state index contributed by atoms with van der Waals surface area (Å²) in [6.07, 6.45) is 2.79. The minimum absolute atomic E-state index is 0.491. The van der Waals surface area contributed by atoms with Gasteiger partial charge in [-0.05, 0) is 70.0 Å². The molecule has 0 saturated heterocycles. The summed E-state index contributed by atoms with van der Waals surface area (Å²) in [5.74, 6) is 1.62. The Bertz CT molecular complexity index is 782. The van der Waals surface area contributed by atoms with Crippen LogP contribution in [0.4, 0.5) is 5.69 Å². The molecule has 0 aromatic heterocycles. The Hall–Kier alpha value is -2.05. The van der Waals surface area contributed by atoms with Crippen LogP contribution in [-0.2, 0) is 10.0 Å². The standard InChI is InChI=1S/C21H30N2O3S/c1-21(2,3)27(24,25)23-17-9-5-8-16-22-18-12-14-20(15-13-18)26-19-10-6-4-7-11-19/h4,6-7,10-15,22-23H,5,8-9,16-17H2,1-3H3. The van der Waals surface area contributed by atoms with Crippen molar-refractivity contribution in [2.45, 2.75) is 44.8 Å². The first-order valence-corrected chi connectivity index (χ1v) is 10.8. The third kappa shape index (κ3) is 7.23. The number of anilines is 1. The molecule has 0 unspecified atom stereocenters. The van der Waals surface area contributed by atoms with Crippen LogP contribution in [0.15, 0.2) is 54.6 Å². The summed E-state index contributed by atoms with van der Waals surface area (Å²) >= 11 is 0. The van der Waals surface area contributed by atoms with Crippen LogP contribution < -0.4 is 14.8 Å². The number of nitrogens with one attached hydrogen (secondary N) is 2. The van der Waals surface area contributed by atoms with Gasteiger partial charge in [0.25, 0.3) is 0 Å². The van der Waals surface area contributed by atoms with Gasteiger partial charge in [-0.15, -0.1) is 0 Å². The van der Waals surface area contributed by atoms with Crippen LogP contribution in [0.5, 0.6) is 11.5 Å². The van der Waals surface area contributed by atoms with Gasteiger partial charge in [-0.2, -0.15) is 0 Å². The van der Waals surface area contributed by atoms with Crippen molar-refractivity contribution in [2.24, 2.45) is 0 Å². The van der Waals surface area contributed by atoms with Crippen molar-refractivity contribution in [3.8, 4) is 11.5 Å². The van der Waals surface area contributed by atoms with Crippen LogP contribution in [-0.4, -0.2) is 26.3 Å². The summed E-state index contributed by atoms with van der Waals surface area (Å²) < 4.78 is 31.6. The van der Waals surface area contributed by atoms with Crippen molar-refractivity contribution in [1.29, 1.82) is 0 Å². The largest absolute Gasteiger partial charge is 0.457 e. The Kier molecular flexibility index (Phi) is 7.68. The van der Waals surface area contributed by atoms with Crippen molar-refractivity contribution in [1.82, 2.24) is 4.72 Å². The van der Waals surface area contributed by atoms with Crippen LogP contribution in [0.3, 0.4) is 0 Å². The summed E-state index contributed by atoms with van der Waals surface area (Å²) in [5.41, 5.74) is 1.05. The normalized spacial score (nSPS) is 12.0. The maximum absolute atomic E-state index is 11.9. The molecule has 0 saturated carbocycles. The Morgan fingerprint density at radius 1 is 0.815 bits per heavy atom. The molecule has 0 aliphatic rings. The van der Waals surface area contributed by atoms with E-state index in [1.54, 1.807) is 20.8 Å². The Balaban J connectivity index is 1.62. The molecule has 0 spiro atoms. The Morgan fingerprint density at radius 3 is 2.04 bits per heavy atom. The highest BCUT2D eigenvalue weighted by atomic mass is 32.2. The molecule has 2 aromatic carbocycles. The predicted octanol–water partition coefficient (Wildman–Crippen LogP) is 4.78. The van der Waals surface area contributed by atoms with Gasteiger partial charge in [0, 0.05) is 18.8 Å². The van der Waals surface area contributed by atoms with E-state index in [-0.39, 0.29) is 0 Å². The topological polar surface area (TPSA) is 67.4 Å². The van der Waals surface area contributed by atoms with E-state index in [0.717, 1.165) is 43.0 Å². The van der Waals surface area contributed by atoms with Gasteiger partial charge in [-0.1, -0.05) is 24.6 Å². The van der Waals surface area contributed by atoms with Crippen LogP contribution in [0.25, 0.3) is 0 Å². The highest BCUT2D eigenvalue weighted by Gasteiger charge is 2.27. The second-order valence-corrected chi connectivity index (χ2v) is 9.96. The molecule has 0 radical (unpaired) electrons. The molecular weight excluding hydrogens is 360 g/mol. The lowest BCUT2D eigenvalue weighted by Gasteiger charge is -2.19. The lowest BCUT2D eigenvalue weighted by Crippen LogP contribution is -2.39. The van der Waals surface area contributed by atoms with Crippen molar-refractivity contribution < 1.29 is 13.2 Å². The molecule has 0 bridgehead atoms. The van der Waals surface area contributed by atoms with Crippen molar-refractivity contribution in [2.75, 3.05) is 18.4 Å². The molecule has 148 valence electrons. The van der Waals surface area contributed by atoms with Gasteiger partial charge in [0.05, 0.1) is 4.75 Å². The molecule has 2 rings (SSSR count). The summed E-state index contributed by atoms with van der Waals surface area (Å²) in [7, 11) is -3.24. The number of ether oxygens (including phenoxy) is 1. The molecule has 0 atom stereocenters. The average Bonchev–Trinajstić information content (AvgIpc) is 2.62. The number of benzene rings is 2. The third-order valence-corrected chi connectivity index (χ3v) is 6.31. The maximum atomic E-state index is 11.9. The molecule has 2 aromatic rings. The lowest BCUT2D eigenvalue weighted by atomic mass is 10.2. The number of sulfonamides is 1. The quantitative estimate of drug-likeness (QED) is 0.573. The minimum atomic E-state index is -3.24. The first kappa shape index (κ1) is 21.3. The Morgan fingerprint density at radius 2 is 1.41 bits per heavy atom. The highest BCUT2D eigenvalue weighted by molar-refractivity contribution is 7.90.